The van der Waals surface area contributed by atoms with Gasteiger partial charge in [-0.25, -0.2) is 5.01 Å². The van der Waals surface area contributed by atoms with Crippen LogP contribution in [0.15, 0.2) is 0 Å². The number of aliphatic carboxylic acids is 1. The zero-order valence-corrected chi connectivity index (χ0v) is 8.27. The average molecular weight is 203 g/mol. The highest BCUT2D eigenvalue weighted by Crippen LogP contribution is 2.04. The van der Waals surface area contributed by atoms with Gasteiger partial charge in [0.25, 0.3) is 0 Å². The van der Waals surface area contributed by atoms with Crippen LogP contribution in [0.4, 0.5) is 0 Å². The van der Waals surface area contributed by atoms with Gasteiger partial charge in [-0.2, -0.15) is 0 Å². The first-order chi connectivity index (χ1) is 6.49. The molecule has 0 heterocycles. The Kier molecular flexibility index (Phi) is 5.82. The molecule has 14 heavy (non-hydrogen) atoms. The van der Waals surface area contributed by atoms with E-state index in [4.69, 9.17) is 16.7 Å². The first-order valence-electron chi connectivity index (χ1n) is 4.51. The molecule has 0 saturated heterocycles. The van der Waals surface area contributed by atoms with Gasteiger partial charge in [-0.05, 0) is 12.8 Å². The molecule has 82 valence electrons. The molecule has 0 aromatic heterocycles. The number of carbonyl (C=O) groups excluding carboxylic acids is 1. The van der Waals surface area contributed by atoms with Crippen LogP contribution in [0.3, 0.4) is 0 Å². The van der Waals surface area contributed by atoms with Crippen molar-refractivity contribution in [2.24, 2.45) is 11.6 Å². The minimum Gasteiger partial charge on any atom is -0.480 e. The van der Waals surface area contributed by atoms with E-state index in [0.29, 0.717) is 6.54 Å². The van der Waals surface area contributed by atoms with Gasteiger partial charge >= 0.3 is 5.97 Å². The lowest BCUT2D eigenvalue weighted by Crippen LogP contribution is -2.46. The van der Waals surface area contributed by atoms with Crippen LogP contribution >= 0.6 is 0 Å². The fourth-order valence-electron chi connectivity index (χ4n) is 1.12. The molecule has 1 atom stereocenters. The molecular formula is C8H17N3O3. The van der Waals surface area contributed by atoms with Gasteiger partial charge in [-0.3, -0.25) is 15.4 Å². The first-order valence-corrected chi connectivity index (χ1v) is 4.51. The number of nitrogens with zero attached hydrogens (tertiary/aromatic N) is 1. The minimum absolute atomic E-state index is 0.0361. The molecule has 1 unspecified atom stereocenters. The highest BCUT2D eigenvalue weighted by atomic mass is 16.4. The van der Waals surface area contributed by atoms with E-state index >= 15 is 0 Å². The fraction of sp³-hybridized carbons (Fsp3) is 0.750. The number of carboxylic acid groups (broad SMARTS) is 1. The Morgan fingerprint density at radius 3 is 2.43 bits per heavy atom. The van der Waals surface area contributed by atoms with E-state index in [1.54, 1.807) is 0 Å². The second-order valence-electron chi connectivity index (χ2n) is 3.10. The van der Waals surface area contributed by atoms with Crippen molar-refractivity contribution in [3.63, 3.8) is 0 Å². The summed E-state index contributed by atoms with van der Waals surface area (Å²) >= 11 is 0. The smallest absolute Gasteiger partial charge is 0.322 e. The maximum atomic E-state index is 10.8. The maximum Gasteiger partial charge on any atom is 0.322 e. The molecule has 0 spiro atoms. The molecule has 0 bridgehead atoms. The Hall–Kier alpha value is -1.14. The number of primary amides is 1. The van der Waals surface area contributed by atoms with Crippen molar-refractivity contribution in [2.75, 3.05) is 6.54 Å². The normalized spacial score (nSPS) is 12.8. The van der Waals surface area contributed by atoms with Gasteiger partial charge in [0.15, 0.2) is 0 Å². The number of carbonyl (C=O) groups is 2. The second-order valence-corrected chi connectivity index (χ2v) is 3.10. The monoisotopic (exact) mass is 203 g/mol. The lowest BCUT2D eigenvalue weighted by Gasteiger charge is -2.22. The molecule has 6 heteroatoms. The Balaban J connectivity index is 4.14. The summed E-state index contributed by atoms with van der Waals surface area (Å²) in [5, 5.41) is 10.0. The largest absolute Gasteiger partial charge is 0.480 e. The number of hydrogen-bond donors (Lipinski definition) is 3. The van der Waals surface area contributed by atoms with Crippen LogP contribution in [-0.4, -0.2) is 34.6 Å². The predicted molar refractivity (Wildman–Crippen MR) is 51.0 cm³/mol. The number of rotatable bonds is 7. The predicted octanol–water partition coefficient (Wildman–Crippen LogP) is -0.709. The molecule has 6 nitrogen and oxygen atoms in total. The molecular weight excluding hydrogens is 186 g/mol. The topological polar surface area (TPSA) is 110 Å². The molecule has 0 aliphatic heterocycles. The van der Waals surface area contributed by atoms with Crippen molar-refractivity contribution in [2.45, 2.75) is 32.2 Å². The molecule has 0 rings (SSSR count). The maximum absolute atomic E-state index is 10.8. The van der Waals surface area contributed by atoms with Crippen molar-refractivity contribution in [3.05, 3.63) is 0 Å². The third-order valence-electron chi connectivity index (χ3n) is 1.83. The highest BCUT2D eigenvalue weighted by Gasteiger charge is 2.22. The SMILES string of the molecule is CCCN(N)C(CCC(N)=O)C(=O)O. The van der Waals surface area contributed by atoms with E-state index in [9.17, 15) is 9.59 Å². The third-order valence-corrected chi connectivity index (χ3v) is 1.83. The van der Waals surface area contributed by atoms with Crippen LogP contribution < -0.4 is 11.6 Å². The Labute approximate surface area is 82.8 Å². The van der Waals surface area contributed by atoms with Crippen LogP contribution in [0, 0.1) is 0 Å². The van der Waals surface area contributed by atoms with E-state index in [0.717, 1.165) is 6.42 Å². The molecule has 0 aliphatic rings. The molecule has 0 fully saturated rings. The second kappa shape index (κ2) is 6.33. The number of nitrogens with two attached hydrogens (primary N) is 2. The summed E-state index contributed by atoms with van der Waals surface area (Å²) in [4.78, 5) is 21.2. The van der Waals surface area contributed by atoms with Crippen molar-refractivity contribution in [3.8, 4) is 0 Å². The van der Waals surface area contributed by atoms with Gasteiger partial charge in [0.05, 0.1) is 0 Å². The number of amides is 1. The van der Waals surface area contributed by atoms with Crippen molar-refractivity contribution in [1.82, 2.24) is 5.01 Å². The van der Waals surface area contributed by atoms with Crippen LogP contribution in [0.1, 0.15) is 26.2 Å². The number of hydrazine groups is 1. The first kappa shape index (κ1) is 12.9. The lowest BCUT2D eigenvalue weighted by atomic mass is 10.1. The van der Waals surface area contributed by atoms with Crippen LogP contribution in [-0.2, 0) is 9.59 Å². The summed E-state index contributed by atoms with van der Waals surface area (Å²) in [6, 6.07) is -0.831. The van der Waals surface area contributed by atoms with Gasteiger partial charge in [0.1, 0.15) is 6.04 Å². The van der Waals surface area contributed by atoms with E-state index < -0.39 is 17.9 Å². The molecule has 0 aromatic rings. The summed E-state index contributed by atoms with van der Waals surface area (Å²) in [6.45, 7) is 2.38. The van der Waals surface area contributed by atoms with E-state index in [2.05, 4.69) is 0 Å². The summed E-state index contributed by atoms with van der Waals surface area (Å²) in [5.41, 5.74) is 4.92. The molecule has 0 radical (unpaired) electrons. The van der Waals surface area contributed by atoms with E-state index in [-0.39, 0.29) is 12.8 Å². The van der Waals surface area contributed by atoms with Gasteiger partial charge in [-0.15, -0.1) is 0 Å². The van der Waals surface area contributed by atoms with Gasteiger partial charge in [-0.1, -0.05) is 6.92 Å². The molecule has 1 amide bonds. The average Bonchev–Trinajstić information content (AvgIpc) is 2.03. The van der Waals surface area contributed by atoms with Crippen LogP contribution in [0.2, 0.25) is 0 Å². The lowest BCUT2D eigenvalue weighted by molar-refractivity contribution is -0.143. The zero-order chi connectivity index (χ0) is 11.1. The van der Waals surface area contributed by atoms with E-state index in [1.165, 1.54) is 5.01 Å². The quantitative estimate of drug-likeness (QED) is 0.374. The Morgan fingerprint density at radius 1 is 1.50 bits per heavy atom. The zero-order valence-electron chi connectivity index (χ0n) is 8.27. The van der Waals surface area contributed by atoms with Crippen LogP contribution in [0.5, 0.6) is 0 Å². The minimum atomic E-state index is -1.03. The van der Waals surface area contributed by atoms with Gasteiger partial charge in [0, 0.05) is 13.0 Å². The standard InChI is InChI=1S/C8H17N3O3/c1-2-5-11(10)6(8(13)14)3-4-7(9)12/h6H,2-5,10H2,1H3,(H2,9,12)(H,13,14). The molecule has 0 aromatic carbocycles. The van der Waals surface area contributed by atoms with E-state index in [1.807, 2.05) is 6.92 Å². The van der Waals surface area contributed by atoms with Crippen molar-refractivity contribution in [1.29, 1.82) is 0 Å². The third kappa shape index (κ3) is 4.78. The summed E-state index contributed by atoms with van der Waals surface area (Å²) in [5.74, 6) is 3.98. The summed E-state index contributed by atoms with van der Waals surface area (Å²) in [7, 11) is 0. The Bertz CT molecular complexity index is 208. The molecule has 0 aliphatic carbocycles. The van der Waals surface area contributed by atoms with Crippen molar-refractivity contribution >= 4 is 11.9 Å². The van der Waals surface area contributed by atoms with Gasteiger partial charge < -0.3 is 10.8 Å². The summed E-state index contributed by atoms with van der Waals surface area (Å²) < 4.78 is 0. The highest BCUT2D eigenvalue weighted by molar-refractivity contribution is 5.77. The Morgan fingerprint density at radius 2 is 2.07 bits per heavy atom. The molecule has 5 N–H and O–H groups in total. The van der Waals surface area contributed by atoms with Crippen LogP contribution in [0.25, 0.3) is 0 Å². The number of hydrogen-bond acceptors (Lipinski definition) is 4. The molecule has 0 saturated carbocycles. The van der Waals surface area contributed by atoms with Crippen molar-refractivity contribution < 1.29 is 14.7 Å². The summed E-state index contributed by atoms with van der Waals surface area (Å²) in [6.07, 6.45) is 0.951. The van der Waals surface area contributed by atoms with Gasteiger partial charge in [0.2, 0.25) is 5.91 Å². The number of carboxylic acids is 1. The fourth-order valence-corrected chi connectivity index (χ4v) is 1.12.